The lowest BCUT2D eigenvalue weighted by atomic mass is 10.0. The minimum Gasteiger partial charge on any atom is -0.353 e. The summed E-state index contributed by atoms with van der Waals surface area (Å²) in [4.78, 5) is 18.6. The Balaban J connectivity index is 1.67. The normalized spacial score (nSPS) is 17.1. The van der Waals surface area contributed by atoms with E-state index in [2.05, 4.69) is 35.1 Å². The molecule has 1 aromatic heterocycles. The van der Waals surface area contributed by atoms with Gasteiger partial charge < -0.3 is 5.32 Å². The number of hydrogen-bond acceptors (Lipinski definition) is 3. The van der Waals surface area contributed by atoms with Crippen LogP contribution in [0.25, 0.3) is 0 Å². The largest absolute Gasteiger partial charge is 0.353 e. The summed E-state index contributed by atoms with van der Waals surface area (Å²) in [7, 11) is 0. The molecule has 1 aromatic rings. The summed E-state index contributed by atoms with van der Waals surface area (Å²) < 4.78 is 0. The molecule has 0 unspecified atom stereocenters. The van der Waals surface area contributed by atoms with Crippen LogP contribution >= 0.6 is 0 Å². The summed E-state index contributed by atoms with van der Waals surface area (Å²) >= 11 is 0. The number of carbonyl (C=O) groups excluding carboxylic acids is 1. The Kier molecular flexibility index (Phi) is 6.18. The first-order chi connectivity index (χ1) is 10.1. The third kappa shape index (κ3) is 5.84. The van der Waals surface area contributed by atoms with Crippen molar-refractivity contribution < 1.29 is 4.79 Å². The predicted octanol–water partition coefficient (Wildman–Crippen LogP) is 2.60. The van der Waals surface area contributed by atoms with Gasteiger partial charge in [-0.15, -0.1) is 0 Å². The van der Waals surface area contributed by atoms with Gasteiger partial charge in [-0.1, -0.05) is 19.9 Å². The van der Waals surface area contributed by atoms with Crippen molar-refractivity contribution in [1.82, 2.24) is 15.2 Å². The molecular weight excluding hydrogens is 262 g/mol. The molecule has 0 spiro atoms. The Hall–Kier alpha value is -1.42. The van der Waals surface area contributed by atoms with E-state index >= 15 is 0 Å². The third-order valence-corrected chi connectivity index (χ3v) is 4.01. The van der Waals surface area contributed by atoms with Crippen LogP contribution in [-0.2, 0) is 11.3 Å². The van der Waals surface area contributed by atoms with Crippen molar-refractivity contribution in [2.75, 3.05) is 13.1 Å². The van der Waals surface area contributed by atoms with Crippen LogP contribution in [0, 0.1) is 5.92 Å². The first kappa shape index (κ1) is 16.0. The summed E-state index contributed by atoms with van der Waals surface area (Å²) in [5.74, 6) is 0.808. The molecule has 116 valence electrons. The lowest BCUT2D eigenvalue weighted by Crippen LogP contribution is -2.44. The number of nitrogens with one attached hydrogen (secondary N) is 1. The molecule has 4 heteroatoms. The van der Waals surface area contributed by atoms with Crippen LogP contribution in [0.5, 0.6) is 0 Å². The number of pyridine rings is 1. The standard InChI is InChI=1S/C17H27N3O/c1-14(2)6-7-17(21)19-15-8-11-20(12-9-15)13-16-5-3-4-10-18-16/h3-5,10,14-15H,6-9,11-13H2,1-2H3,(H,19,21). The SMILES string of the molecule is CC(C)CCC(=O)NC1CCN(Cc2ccccn2)CC1. The summed E-state index contributed by atoms with van der Waals surface area (Å²) in [6.45, 7) is 7.29. The van der Waals surface area contributed by atoms with Crippen LogP contribution in [0.2, 0.25) is 0 Å². The number of aromatic nitrogens is 1. The van der Waals surface area contributed by atoms with Crippen molar-refractivity contribution in [3.05, 3.63) is 30.1 Å². The highest BCUT2D eigenvalue weighted by molar-refractivity contribution is 5.76. The number of likely N-dealkylation sites (tertiary alicyclic amines) is 1. The zero-order chi connectivity index (χ0) is 15.1. The summed E-state index contributed by atoms with van der Waals surface area (Å²) in [5.41, 5.74) is 1.12. The maximum absolute atomic E-state index is 11.9. The molecule has 1 amide bonds. The number of rotatable bonds is 6. The van der Waals surface area contributed by atoms with E-state index in [0.29, 0.717) is 18.4 Å². The van der Waals surface area contributed by atoms with E-state index in [1.54, 1.807) is 0 Å². The van der Waals surface area contributed by atoms with Gasteiger partial charge in [0, 0.05) is 38.3 Å². The van der Waals surface area contributed by atoms with Crippen LogP contribution in [0.15, 0.2) is 24.4 Å². The van der Waals surface area contributed by atoms with Gasteiger partial charge >= 0.3 is 0 Å². The first-order valence-electron chi connectivity index (χ1n) is 8.05. The minimum atomic E-state index is 0.215. The van der Waals surface area contributed by atoms with E-state index in [1.165, 1.54) is 0 Å². The number of hydrogen-bond donors (Lipinski definition) is 1. The molecule has 0 radical (unpaired) electrons. The molecule has 0 aromatic carbocycles. The van der Waals surface area contributed by atoms with E-state index < -0.39 is 0 Å². The summed E-state index contributed by atoms with van der Waals surface area (Å²) in [5, 5.41) is 3.18. The van der Waals surface area contributed by atoms with Gasteiger partial charge in [0.2, 0.25) is 5.91 Å². The lowest BCUT2D eigenvalue weighted by molar-refractivity contribution is -0.122. The molecule has 0 saturated carbocycles. The number of piperidine rings is 1. The molecule has 1 N–H and O–H groups in total. The second kappa shape index (κ2) is 8.13. The third-order valence-electron chi connectivity index (χ3n) is 4.01. The predicted molar refractivity (Wildman–Crippen MR) is 84.8 cm³/mol. The average molecular weight is 289 g/mol. The second-order valence-corrected chi connectivity index (χ2v) is 6.37. The van der Waals surface area contributed by atoms with Gasteiger partial charge in [0.15, 0.2) is 0 Å². The minimum absolute atomic E-state index is 0.215. The molecule has 0 bridgehead atoms. The average Bonchev–Trinajstić information content (AvgIpc) is 2.48. The van der Waals surface area contributed by atoms with Crippen LogP contribution < -0.4 is 5.32 Å². The number of amides is 1. The van der Waals surface area contributed by atoms with Crippen molar-refractivity contribution in [2.45, 2.75) is 52.1 Å². The monoisotopic (exact) mass is 289 g/mol. The molecule has 1 aliphatic rings. The second-order valence-electron chi connectivity index (χ2n) is 6.37. The highest BCUT2D eigenvalue weighted by Gasteiger charge is 2.20. The maximum Gasteiger partial charge on any atom is 0.220 e. The van der Waals surface area contributed by atoms with Crippen molar-refractivity contribution >= 4 is 5.91 Å². The van der Waals surface area contributed by atoms with Gasteiger partial charge in [-0.3, -0.25) is 14.7 Å². The molecule has 1 aliphatic heterocycles. The lowest BCUT2D eigenvalue weighted by Gasteiger charge is -2.32. The van der Waals surface area contributed by atoms with Crippen molar-refractivity contribution in [3.8, 4) is 0 Å². The van der Waals surface area contributed by atoms with Gasteiger partial charge in [0.25, 0.3) is 0 Å². The highest BCUT2D eigenvalue weighted by atomic mass is 16.1. The van der Waals surface area contributed by atoms with Gasteiger partial charge in [0.05, 0.1) is 5.69 Å². The fraction of sp³-hybridized carbons (Fsp3) is 0.647. The Bertz CT molecular complexity index is 425. The Morgan fingerprint density at radius 2 is 2.14 bits per heavy atom. The molecule has 1 fully saturated rings. The van der Waals surface area contributed by atoms with E-state index in [1.807, 2.05) is 18.3 Å². The van der Waals surface area contributed by atoms with E-state index in [9.17, 15) is 4.79 Å². The fourth-order valence-corrected chi connectivity index (χ4v) is 2.68. The molecule has 1 saturated heterocycles. The molecule has 2 rings (SSSR count). The van der Waals surface area contributed by atoms with Gasteiger partial charge in [-0.05, 0) is 37.3 Å². The quantitative estimate of drug-likeness (QED) is 0.875. The Morgan fingerprint density at radius 3 is 2.76 bits per heavy atom. The Labute approximate surface area is 127 Å². The molecule has 21 heavy (non-hydrogen) atoms. The fourth-order valence-electron chi connectivity index (χ4n) is 2.68. The van der Waals surface area contributed by atoms with Gasteiger partial charge in [-0.25, -0.2) is 0 Å². The molecular formula is C17H27N3O. The molecule has 4 nitrogen and oxygen atoms in total. The van der Waals surface area contributed by atoms with E-state index in [-0.39, 0.29) is 5.91 Å². The van der Waals surface area contributed by atoms with Crippen molar-refractivity contribution in [3.63, 3.8) is 0 Å². The van der Waals surface area contributed by atoms with Crippen LogP contribution in [0.3, 0.4) is 0 Å². The van der Waals surface area contributed by atoms with Gasteiger partial charge in [0.1, 0.15) is 0 Å². The van der Waals surface area contributed by atoms with Crippen molar-refractivity contribution in [2.24, 2.45) is 5.92 Å². The highest BCUT2D eigenvalue weighted by Crippen LogP contribution is 2.13. The zero-order valence-corrected chi connectivity index (χ0v) is 13.2. The number of nitrogens with zero attached hydrogens (tertiary/aromatic N) is 2. The summed E-state index contributed by atoms with van der Waals surface area (Å²) in [6.07, 6.45) is 5.56. The smallest absolute Gasteiger partial charge is 0.220 e. The van der Waals surface area contributed by atoms with Gasteiger partial charge in [-0.2, -0.15) is 0 Å². The molecule has 2 heterocycles. The zero-order valence-electron chi connectivity index (χ0n) is 13.2. The van der Waals surface area contributed by atoms with E-state index in [0.717, 1.165) is 44.6 Å². The maximum atomic E-state index is 11.9. The van der Waals surface area contributed by atoms with Crippen LogP contribution in [-0.4, -0.2) is 34.9 Å². The first-order valence-corrected chi connectivity index (χ1v) is 8.05. The number of carbonyl (C=O) groups is 1. The summed E-state index contributed by atoms with van der Waals surface area (Å²) in [6, 6.07) is 6.40. The van der Waals surface area contributed by atoms with E-state index in [4.69, 9.17) is 0 Å². The molecule has 0 aliphatic carbocycles. The van der Waals surface area contributed by atoms with Crippen molar-refractivity contribution in [1.29, 1.82) is 0 Å². The molecule has 0 atom stereocenters. The Morgan fingerprint density at radius 1 is 1.38 bits per heavy atom. The van der Waals surface area contributed by atoms with Crippen LogP contribution in [0.1, 0.15) is 45.2 Å². The van der Waals surface area contributed by atoms with Crippen LogP contribution in [0.4, 0.5) is 0 Å². The topological polar surface area (TPSA) is 45.2 Å².